The summed E-state index contributed by atoms with van der Waals surface area (Å²) in [6.07, 6.45) is 2.83. The van der Waals surface area contributed by atoms with Crippen molar-refractivity contribution in [3.8, 4) is 5.75 Å². The molecule has 2 N–H and O–H groups in total. The van der Waals surface area contributed by atoms with E-state index in [1.807, 2.05) is 0 Å². The maximum Gasteiger partial charge on any atom is 0.275 e. The fourth-order valence-electron chi connectivity index (χ4n) is 3.45. The molecule has 1 fully saturated rings. The van der Waals surface area contributed by atoms with Crippen LogP contribution in [0.3, 0.4) is 0 Å². The van der Waals surface area contributed by atoms with E-state index in [4.69, 9.17) is 14.9 Å². The number of oxazole rings is 1. The number of primary amides is 1. The van der Waals surface area contributed by atoms with Gasteiger partial charge in [-0.1, -0.05) is 0 Å². The number of nitrogens with two attached hydrogens (primary N) is 1. The second-order valence-electron chi connectivity index (χ2n) is 6.97. The Labute approximate surface area is 156 Å². The molecule has 3 rings (SSSR count). The summed E-state index contributed by atoms with van der Waals surface area (Å²) in [7, 11) is 0. The molecule has 1 aliphatic rings. The van der Waals surface area contributed by atoms with Gasteiger partial charge in [0.05, 0.1) is 6.61 Å². The van der Waals surface area contributed by atoms with E-state index in [9.17, 15) is 14.0 Å². The van der Waals surface area contributed by atoms with Gasteiger partial charge in [-0.2, -0.15) is 0 Å². The normalized spacial score (nSPS) is 19.7. The van der Waals surface area contributed by atoms with Gasteiger partial charge >= 0.3 is 0 Å². The summed E-state index contributed by atoms with van der Waals surface area (Å²) >= 11 is 0. The molecule has 1 aromatic carbocycles. The number of benzene rings is 1. The molecule has 1 atom stereocenters. The lowest BCUT2D eigenvalue weighted by Gasteiger charge is -2.41. The number of amides is 2. The number of hydrogen-bond acceptors (Lipinski definition) is 5. The Morgan fingerprint density at radius 2 is 2.11 bits per heavy atom. The lowest BCUT2D eigenvalue weighted by atomic mass is 9.77. The second-order valence-corrected chi connectivity index (χ2v) is 6.97. The summed E-state index contributed by atoms with van der Waals surface area (Å²) < 4.78 is 24.0. The minimum atomic E-state index is -0.604. The Morgan fingerprint density at radius 1 is 1.37 bits per heavy atom. The van der Waals surface area contributed by atoms with Crippen molar-refractivity contribution in [2.75, 3.05) is 19.7 Å². The quantitative estimate of drug-likeness (QED) is 0.835. The van der Waals surface area contributed by atoms with Crippen LogP contribution in [0.5, 0.6) is 5.75 Å². The molecule has 0 bridgehead atoms. The summed E-state index contributed by atoms with van der Waals surface area (Å²) in [6.45, 7) is 2.74. The lowest BCUT2D eigenvalue weighted by Crippen LogP contribution is -2.50. The van der Waals surface area contributed by atoms with Crippen LogP contribution in [0.15, 0.2) is 34.9 Å². The Bertz CT molecular complexity index is 821. The van der Waals surface area contributed by atoms with Gasteiger partial charge in [-0.3, -0.25) is 9.59 Å². The monoisotopic (exact) mass is 375 g/mol. The Hall–Kier alpha value is -2.90. The van der Waals surface area contributed by atoms with Crippen LogP contribution in [-0.2, 0) is 4.79 Å². The predicted molar refractivity (Wildman–Crippen MR) is 94.5 cm³/mol. The number of nitrogens with zero attached hydrogens (tertiary/aromatic N) is 2. The maximum absolute atomic E-state index is 13.1. The van der Waals surface area contributed by atoms with Crippen LogP contribution in [0.2, 0.25) is 0 Å². The number of aryl methyl sites for hydroxylation is 1. The minimum Gasteiger partial charge on any atom is -0.493 e. The van der Waals surface area contributed by atoms with E-state index in [1.54, 1.807) is 11.8 Å². The SMILES string of the molecule is Cc1nc(C(=O)N2CCCC(COc3ccc(F)cc3)(CC(N)=O)C2)co1. The molecule has 1 aliphatic heterocycles. The fraction of sp³-hybridized carbons (Fsp3) is 0.421. The van der Waals surface area contributed by atoms with Crippen LogP contribution in [0.1, 0.15) is 35.6 Å². The first-order chi connectivity index (χ1) is 12.9. The van der Waals surface area contributed by atoms with E-state index in [0.29, 0.717) is 37.6 Å². The van der Waals surface area contributed by atoms with Crippen LogP contribution >= 0.6 is 0 Å². The zero-order valence-corrected chi connectivity index (χ0v) is 15.1. The lowest BCUT2D eigenvalue weighted by molar-refractivity contribution is -0.122. The molecule has 2 aromatic rings. The molecule has 144 valence electrons. The van der Waals surface area contributed by atoms with Crippen molar-refractivity contribution < 1.29 is 23.1 Å². The predicted octanol–water partition coefficient (Wildman–Crippen LogP) is 2.30. The first-order valence-electron chi connectivity index (χ1n) is 8.75. The van der Waals surface area contributed by atoms with Gasteiger partial charge in [0, 0.05) is 31.8 Å². The number of likely N-dealkylation sites (tertiary alicyclic amines) is 1. The van der Waals surface area contributed by atoms with Crippen molar-refractivity contribution in [2.24, 2.45) is 11.1 Å². The van der Waals surface area contributed by atoms with Crippen molar-refractivity contribution >= 4 is 11.8 Å². The van der Waals surface area contributed by atoms with E-state index in [0.717, 1.165) is 0 Å². The van der Waals surface area contributed by atoms with Gasteiger partial charge in [0.25, 0.3) is 5.91 Å². The number of carbonyl (C=O) groups is 2. The van der Waals surface area contributed by atoms with Crippen LogP contribution in [0.4, 0.5) is 4.39 Å². The van der Waals surface area contributed by atoms with E-state index in [-0.39, 0.29) is 30.4 Å². The number of carbonyl (C=O) groups excluding carboxylic acids is 2. The highest BCUT2D eigenvalue weighted by molar-refractivity contribution is 5.92. The van der Waals surface area contributed by atoms with E-state index in [2.05, 4.69) is 4.98 Å². The summed E-state index contributed by atoms with van der Waals surface area (Å²) in [6, 6.07) is 5.66. The summed E-state index contributed by atoms with van der Waals surface area (Å²) in [5, 5.41) is 0. The number of ether oxygens (including phenoxy) is 1. The topological polar surface area (TPSA) is 98.7 Å². The van der Waals surface area contributed by atoms with Crippen molar-refractivity contribution in [1.82, 2.24) is 9.88 Å². The molecule has 0 radical (unpaired) electrons. The van der Waals surface area contributed by atoms with Crippen LogP contribution < -0.4 is 10.5 Å². The third kappa shape index (κ3) is 4.64. The molecule has 1 saturated heterocycles. The van der Waals surface area contributed by atoms with Crippen LogP contribution in [0.25, 0.3) is 0 Å². The fourth-order valence-corrected chi connectivity index (χ4v) is 3.45. The van der Waals surface area contributed by atoms with Gasteiger partial charge in [-0.15, -0.1) is 0 Å². The molecule has 2 amide bonds. The Balaban J connectivity index is 1.74. The number of halogens is 1. The van der Waals surface area contributed by atoms with Crippen LogP contribution in [0, 0.1) is 18.2 Å². The highest BCUT2D eigenvalue weighted by Gasteiger charge is 2.40. The summed E-state index contributed by atoms with van der Waals surface area (Å²) in [4.78, 5) is 30.1. The number of rotatable bonds is 6. The third-order valence-electron chi connectivity index (χ3n) is 4.69. The highest BCUT2D eigenvalue weighted by Crippen LogP contribution is 2.35. The van der Waals surface area contributed by atoms with Gasteiger partial charge < -0.3 is 19.8 Å². The largest absolute Gasteiger partial charge is 0.493 e. The van der Waals surface area contributed by atoms with Gasteiger partial charge in [0.1, 0.15) is 17.8 Å². The number of piperidine rings is 1. The average Bonchev–Trinajstić information content (AvgIpc) is 3.07. The molecular formula is C19H22FN3O4. The molecule has 27 heavy (non-hydrogen) atoms. The molecule has 0 aliphatic carbocycles. The molecule has 1 aromatic heterocycles. The van der Waals surface area contributed by atoms with Crippen LogP contribution in [-0.4, -0.2) is 41.4 Å². The molecule has 1 unspecified atom stereocenters. The maximum atomic E-state index is 13.1. The summed E-state index contributed by atoms with van der Waals surface area (Å²) in [5.74, 6) is -0.146. The summed E-state index contributed by atoms with van der Waals surface area (Å²) in [5.41, 5.74) is 5.09. The van der Waals surface area contributed by atoms with E-state index >= 15 is 0 Å². The molecular weight excluding hydrogens is 353 g/mol. The molecule has 8 heteroatoms. The zero-order chi connectivity index (χ0) is 19.4. The van der Waals surface area contributed by atoms with Crippen molar-refractivity contribution in [2.45, 2.75) is 26.2 Å². The van der Waals surface area contributed by atoms with E-state index in [1.165, 1.54) is 30.5 Å². The highest BCUT2D eigenvalue weighted by atomic mass is 19.1. The van der Waals surface area contributed by atoms with E-state index < -0.39 is 11.3 Å². The number of hydrogen-bond donors (Lipinski definition) is 1. The van der Waals surface area contributed by atoms with Crippen molar-refractivity contribution in [3.05, 3.63) is 47.9 Å². The second kappa shape index (κ2) is 7.77. The van der Waals surface area contributed by atoms with Crippen molar-refractivity contribution in [3.63, 3.8) is 0 Å². The Morgan fingerprint density at radius 3 is 2.74 bits per heavy atom. The molecule has 2 heterocycles. The zero-order valence-electron chi connectivity index (χ0n) is 15.1. The third-order valence-corrected chi connectivity index (χ3v) is 4.69. The van der Waals surface area contributed by atoms with Gasteiger partial charge in [-0.05, 0) is 37.1 Å². The van der Waals surface area contributed by atoms with Gasteiger partial charge in [0.2, 0.25) is 5.91 Å². The molecule has 0 saturated carbocycles. The standard InChI is InChI=1S/C19H22FN3O4/c1-13-22-16(10-26-13)18(25)23-8-2-7-19(11-23,9-17(21)24)12-27-15-5-3-14(20)4-6-15/h3-6,10H,2,7-9,11-12H2,1H3,(H2,21,24). The van der Waals surface area contributed by atoms with Crippen molar-refractivity contribution in [1.29, 1.82) is 0 Å². The minimum absolute atomic E-state index is 0.0931. The Kier molecular flexibility index (Phi) is 5.43. The number of aromatic nitrogens is 1. The smallest absolute Gasteiger partial charge is 0.275 e. The first-order valence-corrected chi connectivity index (χ1v) is 8.75. The molecule has 7 nitrogen and oxygen atoms in total. The molecule has 0 spiro atoms. The first kappa shape index (κ1) is 18.9. The van der Waals surface area contributed by atoms with Gasteiger partial charge in [0.15, 0.2) is 11.6 Å². The average molecular weight is 375 g/mol. The van der Waals surface area contributed by atoms with Gasteiger partial charge in [-0.25, -0.2) is 9.37 Å².